The number of rotatable bonds is 3. The Labute approximate surface area is 168 Å². The molecule has 0 radical (unpaired) electrons. The number of fused-ring (bicyclic) bond motifs is 2. The second-order valence-electron chi connectivity index (χ2n) is 7.25. The van der Waals surface area contributed by atoms with Crippen molar-refractivity contribution < 1.29 is 9.53 Å². The maximum atomic E-state index is 13.5. The summed E-state index contributed by atoms with van der Waals surface area (Å²) in [6, 6.07) is 13.3. The molecule has 146 valence electrons. The number of ether oxygens (including phenoxy) is 1. The minimum Gasteiger partial charge on any atom is -0.497 e. The third-order valence-electron chi connectivity index (χ3n) is 5.59. The molecule has 7 nitrogen and oxygen atoms in total. The van der Waals surface area contributed by atoms with Crippen LogP contribution in [0.4, 0.5) is 0 Å². The molecule has 1 atom stereocenters. The summed E-state index contributed by atoms with van der Waals surface area (Å²) >= 11 is 0. The summed E-state index contributed by atoms with van der Waals surface area (Å²) in [6.07, 6.45) is 4.21. The molecule has 29 heavy (non-hydrogen) atoms. The highest BCUT2D eigenvalue weighted by Gasteiger charge is 2.34. The Kier molecular flexibility index (Phi) is 4.08. The number of H-pyrrole nitrogens is 1. The van der Waals surface area contributed by atoms with Gasteiger partial charge >= 0.3 is 0 Å². The highest BCUT2D eigenvalue weighted by atomic mass is 16.5. The normalized spacial score (nSPS) is 16.1. The maximum Gasteiger partial charge on any atom is 0.254 e. The Morgan fingerprint density at radius 3 is 2.79 bits per heavy atom. The quantitative estimate of drug-likeness (QED) is 0.586. The van der Waals surface area contributed by atoms with Crippen molar-refractivity contribution in [2.45, 2.75) is 12.5 Å². The lowest BCUT2D eigenvalue weighted by Gasteiger charge is -2.35. The zero-order chi connectivity index (χ0) is 20.0. The van der Waals surface area contributed by atoms with E-state index in [0.717, 1.165) is 40.2 Å². The molecule has 0 aliphatic carbocycles. The molecule has 4 aromatic rings. The van der Waals surface area contributed by atoms with Gasteiger partial charge in [-0.25, -0.2) is 9.97 Å². The molecular formula is C22H21N5O2. The van der Waals surface area contributed by atoms with Crippen LogP contribution in [0.2, 0.25) is 0 Å². The Balaban J connectivity index is 1.56. The Morgan fingerprint density at radius 1 is 1.17 bits per heavy atom. The number of carbonyl (C=O) groups is 1. The fraction of sp³-hybridized carbons (Fsp3) is 0.227. The summed E-state index contributed by atoms with van der Waals surface area (Å²) in [6.45, 7) is 0.616. The summed E-state index contributed by atoms with van der Waals surface area (Å²) in [5.74, 6) is 0.761. The molecule has 3 heterocycles. The van der Waals surface area contributed by atoms with Crippen LogP contribution in [0.1, 0.15) is 33.4 Å². The molecule has 1 N–H and O–H groups in total. The van der Waals surface area contributed by atoms with Crippen molar-refractivity contribution in [3.8, 4) is 5.75 Å². The second-order valence-corrected chi connectivity index (χ2v) is 7.25. The van der Waals surface area contributed by atoms with Crippen LogP contribution < -0.4 is 4.74 Å². The highest BCUT2D eigenvalue weighted by Crippen LogP contribution is 2.35. The van der Waals surface area contributed by atoms with Crippen LogP contribution in [0.25, 0.3) is 11.0 Å². The predicted octanol–water partition coefficient (Wildman–Crippen LogP) is 3.09. The summed E-state index contributed by atoms with van der Waals surface area (Å²) in [7, 11) is 3.59. The molecule has 7 heteroatoms. The number of aryl methyl sites for hydroxylation is 1. The first kappa shape index (κ1) is 17.5. The fourth-order valence-corrected chi connectivity index (χ4v) is 4.05. The second kappa shape index (κ2) is 6.77. The molecule has 1 amide bonds. The standard InChI is InChI=1S/C22H21N5O2/c1-26-13-25-18-11-15(5-8-19(18)26)22(28)27-10-9-17-20(24-12-23-17)21(27)14-3-6-16(29-2)7-4-14/h3-8,11-13,21H,9-10H2,1-2H3,(H,23,24). The van der Waals surface area contributed by atoms with Gasteiger partial charge in [-0.3, -0.25) is 4.79 Å². The first-order chi connectivity index (χ1) is 14.2. The first-order valence-corrected chi connectivity index (χ1v) is 9.54. The van der Waals surface area contributed by atoms with E-state index in [2.05, 4.69) is 15.0 Å². The number of nitrogens with one attached hydrogen (secondary N) is 1. The van der Waals surface area contributed by atoms with Gasteiger partial charge in [-0.15, -0.1) is 0 Å². The van der Waals surface area contributed by atoms with Crippen LogP contribution in [0.15, 0.2) is 55.1 Å². The van der Waals surface area contributed by atoms with Crippen LogP contribution in [0.3, 0.4) is 0 Å². The van der Waals surface area contributed by atoms with Crippen LogP contribution in [0, 0.1) is 0 Å². The summed E-state index contributed by atoms with van der Waals surface area (Å²) < 4.78 is 7.23. The van der Waals surface area contributed by atoms with E-state index >= 15 is 0 Å². The summed E-state index contributed by atoms with van der Waals surface area (Å²) in [4.78, 5) is 27.6. The van der Waals surface area contributed by atoms with Gasteiger partial charge in [0.25, 0.3) is 5.91 Å². The van der Waals surface area contributed by atoms with E-state index in [1.807, 2.05) is 59.0 Å². The number of carbonyl (C=O) groups excluding carboxylic acids is 1. The van der Waals surface area contributed by atoms with Crippen molar-refractivity contribution >= 4 is 16.9 Å². The van der Waals surface area contributed by atoms with Gasteiger partial charge in [-0.1, -0.05) is 12.1 Å². The highest BCUT2D eigenvalue weighted by molar-refractivity contribution is 5.98. The number of imidazole rings is 2. The molecule has 0 fully saturated rings. The minimum absolute atomic E-state index is 0.0213. The van der Waals surface area contributed by atoms with Crippen LogP contribution in [0.5, 0.6) is 5.75 Å². The number of benzene rings is 2. The number of nitrogens with zero attached hydrogens (tertiary/aromatic N) is 4. The number of aromatic nitrogens is 4. The maximum absolute atomic E-state index is 13.5. The topological polar surface area (TPSA) is 76.0 Å². The fourth-order valence-electron chi connectivity index (χ4n) is 4.05. The van der Waals surface area contributed by atoms with Crippen LogP contribution in [-0.4, -0.2) is 44.0 Å². The van der Waals surface area contributed by atoms with Crippen molar-refractivity contribution in [2.24, 2.45) is 7.05 Å². The van der Waals surface area contributed by atoms with E-state index in [0.29, 0.717) is 12.1 Å². The Morgan fingerprint density at radius 2 is 2.00 bits per heavy atom. The minimum atomic E-state index is -0.247. The van der Waals surface area contributed by atoms with E-state index in [9.17, 15) is 4.79 Å². The average Bonchev–Trinajstić information content (AvgIpc) is 3.39. The van der Waals surface area contributed by atoms with Crippen LogP contribution in [-0.2, 0) is 13.5 Å². The number of amides is 1. The molecule has 2 aromatic carbocycles. The zero-order valence-corrected chi connectivity index (χ0v) is 16.3. The van der Waals surface area contributed by atoms with E-state index in [1.165, 1.54) is 0 Å². The molecule has 1 aliphatic heterocycles. The lowest BCUT2D eigenvalue weighted by Crippen LogP contribution is -2.40. The van der Waals surface area contributed by atoms with Crippen LogP contribution >= 0.6 is 0 Å². The smallest absolute Gasteiger partial charge is 0.254 e. The molecule has 5 rings (SSSR count). The van der Waals surface area contributed by atoms with Gasteiger partial charge in [0.05, 0.1) is 36.5 Å². The molecule has 1 unspecified atom stereocenters. The van der Waals surface area contributed by atoms with E-state index < -0.39 is 0 Å². The SMILES string of the molecule is COc1ccc(C2c3nc[nH]c3CCN2C(=O)c2ccc3c(c2)ncn3C)cc1. The number of hydrogen-bond acceptors (Lipinski definition) is 4. The van der Waals surface area contributed by atoms with E-state index in [-0.39, 0.29) is 11.9 Å². The molecule has 0 spiro atoms. The molecule has 0 saturated carbocycles. The van der Waals surface area contributed by atoms with Gasteiger partial charge in [-0.2, -0.15) is 0 Å². The molecule has 1 aliphatic rings. The van der Waals surface area contributed by atoms with Crippen molar-refractivity contribution in [3.05, 3.63) is 77.6 Å². The monoisotopic (exact) mass is 387 g/mol. The Bertz CT molecular complexity index is 1190. The van der Waals surface area contributed by atoms with Gasteiger partial charge in [0.1, 0.15) is 11.8 Å². The molecule has 2 aromatic heterocycles. The number of aromatic amines is 1. The van der Waals surface area contributed by atoms with Crippen molar-refractivity contribution in [3.63, 3.8) is 0 Å². The van der Waals surface area contributed by atoms with Crippen molar-refractivity contribution in [1.29, 1.82) is 0 Å². The van der Waals surface area contributed by atoms with Gasteiger partial charge < -0.3 is 19.2 Å². The van der Waals surface area contributed by atoms with Gasteiger partial charge in [-0.05, 0) is 35.9 Å². The molecule has 0 saturated heterocycles. The number of methoxy groups -OCH3 is 1. The molecule has 0 bridgehead atoms. The molecular weight excluding hydrogens is 366 g/mol. The van der Waals surface area contributed by atoms with Gasteiger partial charge in [0.15, 0.2) is 0 Å². The first-order valence-electron chi connectivity index (χ1n) is 9.54. The van der Waals surface area contributed by atoms with Gasteiger partial charge in [0.2, 0.25) is 0 Å². The van der Waals surface area contributed by atoms with Crippen molar-refractivity contribution in [2.75, 3.05) is 13.7 Å². The lowest BCUT2D eigenvalue weighted by molar-refractivity contribution is 0.0690. The average molecular weight is 387 g/mol. The van der Waals surface area contributed by atoms with Gasteiger partial charge in [0, 0.05) is 31.3 Å². The number of hydrogen-bond donors (Lipinski definition) is 1. The predicted molar refractivity (Wildman–Crippen MR) is 109 cm³/mol. The third-order valence-corrected chi connectivity index (χ3v) is 5.59. The summed E-state index contributed by atoms with van der Waals surface area (Å²) in [5, 5.41) is 0. The van der Waals surface area contributed by atoms with E-state index in [4.69, 9.17) is 4.74 Å². The van der Waals surface area contributed by atoms with Crippen molar-refractivity contribution in [1.82, 2.24) is 24.4 Å². The third kappa shape index (κ3) is 2.86. The zero-order valence-electron chi connectivity index (χ0n) is 16.3. The Hall–Kier alpha value is -3.61. The van der Waals surface area contributed by atoms with E-state index in [1.54, 1.807) is 19.8 Å². The lowest BCUT2D eigenvalue weighted by atomic mass is 9.94. The summed E-state index contributed by atoms with van der Waals surface area (Å²) in [5.41, 5.74) is 5.43. The largest absolute Gasteiger partial charge is 0.497 e.